The largest absolute Gasteiger partial charge is 0.494 e. The van der Waals surface area contributed by atoms with Crippen molar-refractivity contribution in [2.45, 2.75) is 19.0 Å². The third-order valence-electron chi connectivity index (χ3n) is 5.48. The van der Waals surface area contributed by atoms with E-state index in [9.17, 15) is 14.7 Å². The first kappa shape index (κ1) is 19.7. The van der Waals surface area contributed by atoms with E-state index >= 15 is 0 Å². The number of aromatic hydroxyl groups is 1. The van der Waals surface area contributed by atoms with Crippen LogP contribution in [0.2, 0.25) is 0 Å². The van der Waals surface area contributed by atoms with Crippen LogP contribution in [0.4, 0.5) is 5.69 Å². The van der Waals surface area contributed by atoms with E-state index in [1.807, 2.05) is 48.5 Å². The van der Waals surface area contributed by atoms with E-state index in [1.165, 1.54) is 6.08 Å². The summed E-state index contributed by atoms with van der Waals surface area (Å²) in [6.07, 6.45) is 1.79. The van der Waals surface area contributed by atoms with Crippen molar-refractivity contribution in [2.24, 2.45) is 5.10 Å². The second-order valence-electron chi connectivity index (χ2n) is 7.42. The van der Waals surface area contributed by atoms with Gasteiger partial charge in [0.1, 0.15) is 5.56 Å². The summed E-state index contributed by atoms with van der Waals surface area (Å²) in [6.45, 7) is 3.82. The summed E-state index contributed by atoms with van der Waals surface area (Å²) in [4.78, 5) is 27.0. The van der Waals surface area contributed by atoms with E-state index in [0.717, 1.165) is 15.8 Å². The minimum Gasteiger partial charge on any atom is -0.494 e. The van der Waals surface area contributed by atoms with Crippen LogP contribution in [-0.2, 0) is 6.54 Å². The van der Waals surface area contributed by atoms with E-state index in [2.05, 4.69) is 16.7 Å². The van der Waals surface area contributed by atoms with E-state index in [4.69, 9.17) is 9.47 Å². The highest BCUT2D eigenvalue weighted by molar-refractivity contribution is 6.04. The van der Waals surface area contributed by atoms with Crippen LogP contribution >= 0.6 is 0 Å². The maximum atomic E-state index is 12.7. The number of allylic oxidation sites excluding steroid dienone is 1. The summed E-state index contributed by atoms with van der Waals surface area (Å²) in [7, 11) is 0. The fraction of sp³-hybridized carbons (Fsp3) is 0.174. The van der Waals surface area contributed by atoms with Crippen molar-refractivity contribution in [2.75, 3.05) is 11.8 Å². The molecule has 5 rings (SSSR count). The maximum Gasteiger partial charge on any atom is 0.331 e. The summed E-state index contributed by atoms with van der Waals surface area (Å²) < 4.78 is 12.0. The quantitative estimate of drug-likeness (QED) is 0.600. The molecule has 0 spiro atoms. The number of hydrogen-bond donors (Lipinski definition) is 2. The normalized spacial score (nSPS) is 16.8. The lowest BCUT2D eigenvalue weighted by Gasteiger charge is -2.24. The van der Waals surface area contributed by atoms with Crippen molar-refractivity contribution in [1.29, 1.82) is 0 Å². The van der Waals surface area contributed by atoms with Crippen LogP contribution in [0, 0.1) is 0 Å². The Balaban J connectivity index is 1.62. The van der Waals surface area contributed by atoms with Crippen LogP contribution in [0.5, 0.6) is 17.4 Å². The molecular formula is C23H20N4O5. The van der Waals surface area contributed by atoms with Gasteiger partial charge in [0, 0.05) is 13.0 Å². The average molecular weight is 432 g/mol. The van der Waals surface area contributed by atoms with Crippen molar-refractivity contribution < 1.29 is 14.6 Å². The molecule has 162 valence electrons. The zero-order chi connectivity index (χ0) is 22.2. The lowest BCUT2D eigenvalue weighted by Crippen LogP contribution is -2.33. The van der Waals surface area contributed by atoms with Gasteiger partial charge in [-0.15, -0.1) is 6.58 Å². The third-order valence-corrected chi connectivity index (χ3v) is 5.48. The lowest BCUT2D eigenvalue weighted by atomic mass is 9.98. The Kier molecular flexibility index (Phi) is 4.78. The molecule has 2 aromatic carbocycles. The molecule has 2 N–H and O–H groups in total. The molecule has 9 nitrogen and oxygen atoms in total. The Bertz CT molecular complexity index is 1340. The van der Waals surface area contributed by atoms with Gasteiger partial charge < -0.3 is 14.6 Å². The van der Waals surface area contributed by atoms with Gasteiger partial charge in [0.15, 0.2) is 11.5 Å². The summed E-state index contributed by atoms with van der Waals surface area (Å²) in [5.74, 6) is 0.880. The first-order valence-corrected chi connectivity index (χ1v) is 10.1. The zero-order valence-corrected chi connectivity index (χ0v) is 17.0. The van der Waals surface area contributed by atoms with Gasteiger partial charge in [0.05, 0.1) is 17.4 Å². The van der Waals surface area contributed by atoms with Crippen molar-refractivity contribution >= 4 is 11.4 Å². The molecule has 1 atom stereocenters. The molecule has 2 aliphatic rings. The average Bonchev–Trinajstić information content (AvgIpc) is 3.44. The molecule has 0 aliphatic carbocycles. The van der Waals surface area contributed by atoms with Gasteiger partial charge in [0.2, 0.25) is 12.7 Å². The standard InChI is InChI=1S/C23H20N4O5/c1-2-10-26-22(29)20(21(28)24-23(26)30)16-12-17(27(25-16)15-6-4-3-5-7-15)14-8-9-18-19(11-14)32-13-31-18/h2-9,11,17,29H,1,10,12-13H2,(H,24,28,30)/t17-/m1/s1. The first-order valence-electron chi connectivity index (χ1n) is 10.1. The number of fused-ring (bicyclic) bond motifs is 1. The number of H-pyrrole nitrogens is 1. The van der Waals surface area contributed by atoms with E-state index in [1.54, 1.807) is 5.01 Å². The maximum absolute atomic E-state index is 12.7. The number of anilines is 1. The van der Waals surface area contributed by atoms with Crippen LogP contribution in [0.3, 0.4) is 0 Å². The van der Waals surface area contributed by atoms with Crippen LogP contribution in [-0.4, -0.2) is 27.2 Å². The SMILES string of the molecule is C=CCn1c(O)c(C2=NN(c3ccccc3)[C@@H](c3ccc4c(c3)OCO4)C2)c(=O)[nH]c1=O. The zero-order valence-electron chi connectivity index (χ0n) is 17.0. The van der Waals surface area contributed by atoms with Gasteiger partial charge in [0.25, 0.3) is 5.56 Å². The smallest absolute Gasteiger partial charge is 0.331 e. The molecule has 0 amide bonds. The van der Waals surface area contributed by atoms with Crippen LogP contribution in [0.1, 0.15) is 23.6 Å². The van der Waals surface area contributed by atoms with Crippen molar-refractivity contribution in [1.82, 2.24) is 9.55 Å². The molecule has 0 unspecified atom stereocenters. The molecule has 0 saturated carbocycles. The van der Waals surface area contributed by atoms with Crippen molar-refractivity contribution in [3.63, 3.8) is 0 Å². The molecule has 0 bridgehead atoms. The number of ether oxygens (including phenoxy) is 2. The number of nitrogens with one attached hydrogen (secondary N) is 1. The highest BCUT2D eigenvalue weighted by atomic mass is 16.7. The number of aromatic nitrogens is 2. The molecule has 0 saturated heterocycles. The fourth-order valence-corrected chi connectivity index (χ4v) is 3.98. The Morgan fingerprint density at radius 1 is 1.16 bits per heavy atom. The second-order valence-corrected chi connectivity index (χ2v) is 7.42. The molecule has 1 aromatic heterocycles. The minimum absolute atomic E-state index is 0.0318. The lowest BCUT2D eigenvalue weighted by molar-refractivity contribution is 0.174. The fourth-order valence-electron chi connectivity index (χ4n) is 3.98. The van der Waals surface area contributed by atoms with Gasteiger partial charge in [-0.2, -0.15) is 5.10 Å². The number of para-hydroxylation sites is 1. The number of aromatic amines is 1. The van der Waals surface area contributed by atoms with E-state index in [0.29, 0.717) is 23.6 Å². The molecule has 3 aromatic rings. The van der Waals surface area contributed by atoms with Gasteiger partial charge in [-0.1, -0.05) is 30.3 Å². The van der Waals surface area contributed by atoms with Crippen molar-refractivity contribution in [3.05, 3.63) is 93.2 Å². The molecule has 0 fully saturated rings. The third kappa shape index (κ3) is 3.24. The van der Waals surface area contributed by atoms with Gasteiger partial charge >= 0.3 is 5.69 Å². The molecular weight excluding hydrogens is 412 g/mol. The van der Waals surface area contributed by atoms with Gasteiger partial charge in [-0.25, -0.2) is 4.79 Å². The highest BCUT2D eigenvalue weighted by Gasteiger charge is 2.34. The minimum atomic E-state index is -0.706. The molecule has 2 aliphatic heterocycles. The van der Waals surface area contributed by atoms with Gasteiger partial charge in [-0.05, 0) is 29.8 Å². The predicted molar refractivity (Wildman–Crippen MR) is 119 cm³/mol. The number of benzene rings is 2. The van der Waals surface area contributed by atoms with Crippen molar-refractivity contribution in [3.8, 4) is 17.4 Å². The summed E-state index contributed by atoms with van der Waals surface area (Å²) >= 11 is 0. The summed E-state index contributed by atoms with van der Waals surface area (Å²) in [5.41, 5.74) is 0.671. The van der Waals surface area contributed by atoms with Gasteiger partial charge in [-0.3, -0.25) is 19.4 Å². The summed E-state index contributed by atoms with van der Waals surface area (Å²) in [6, 6.07) is 14.9. The Morgan fingerprint density at radius 2 is 1.94 bits per heavy atom. The number of hydrogen-bond acceptors (Lipinski definition) is 7. The van der Waals surface area contributed by atoms with Crippen LogP contribution < -0.4 is 25.7 Å². The second kappa shape index (κ2) is 7.77. The van der Waals surface area contributed by atoms with E-state index < -0.39 is 17.1 Å². The topological polar surface area (TPSA) is 109 Å². The Hall–Kier alpha value is -4.27. The Labute approximate surface area is 182 Å². The first-order chi connectivity index (χ1) is 15.6. The number of nitrogens with zero attached hydrogens (tertiary/aromatic N) is 3. The molecule has 3 heterocycles. The van der Waals surface area contributed by atoms with Crippen LogP contribution in [0.25, 0.3) is 0 Å². The summed E-state index contributed by atoms with van der Waals surface area (Å²) in [5, 5.41) is 17.2. The number of rotatable bonds is 5. The molecule has 32 heavy (non-hydrogen) atoms. The van der Waals surface area contributed by atoms with E-state index in [-0.39, 0.29) is 24.9 Å². The molecule has 9 heteroatoms. The highest BCUT2D eigenvalue weighted by Crippen LogP contribution is 2.41. The number of hydrazone groups is 1. The monoisotopic (exact) mass is 432 g/mol. The predicted octanol–water partition coefficient (Wildman–Crippen LogP) is 2.51. The van der Waals surface area contributed by atoms with Crippen LogP contribution in [0.15, 0.2) is 75.9 Å². The molecule has 0 radical (unpaired) electrons. The Morgan fingerprint density at radius 3 is 2.72 bits per heavy atom.